The molecule has 1 heterocycles. The number of hydrogen-bond donors (Lipinski definition) is 0. The van der Waals surface area contributed by atoms with E-state index in [2.05, 4.69) is 4.98 Å². The summed E-state index contributed by atoms with van der Waals surface area (Å²) in [6.07, 6.45) is 6.84. The quantitative estimate of drug-likeness (QED) is 0.484. The van der Waals surface area contributed by atoms with Crippen LogP contribution < -0.4 is 14.2 Å². The highest BCUT2D eigenvalue weighted by Gasteiger charge is 2.14. The van der Waals surface area contributed by atoms with Gasteiger partial charge in [0.1, 0.15) is 5.75 Å². The Morgan fingerprint density at radius 3 is 2.16 bits per heavy atom. The second-order valence-electron chi connectivity index (χ2n) is 6.85. The lowest BCUT2D eigenvalue weighted by molar-refractivity contribution is -0.127. The van der Waals surface area contributed by atoms with Crippen LogP contribution in [0.3, 0.4) is 0 Å². The zero-order valence-electron chi connectivity index (χ0n) is 17.9. The molecular weight excluding hydrogens is 392 g/mol. The van der Waals surface area contributed by atoms with Gasteiger partial charge in [-0.25, -0.2) is 0 Å². The molecule has 1 amide bonds. The van der Waals surface area contributed by atoms with Gasteiger partial charge in [-0.2, -0.15) is 0 Å². The van der Waals surface area contributed by atoms with Gasteiger partial charge < -0.3 is 19.1 Å². The smallest absolute Gasteiger partial charge is 0.247 e. The van der Waals surface area contributed by atoms with Gasteiger partial charge in [0.15, 0.2) is 11.5 Å². The molecule has 160 valence electrons. The molecule has 0 aliphatic heterocycles. The maximum absolute atomic E-state index is 13.1. The van der Waals surface area contributed by atoms with Crippen molar-refractivity contribution in [3.05, 3.63) is 89.8 Å². The molecule has 0 fully saturated rings. The lowest BCUT2D eigenvalue weighted by Gasteiger charge is -2.22. The van der Waals surface area contributed by atoms with E-state index in [-0.39, 0.29) is 5.91 Å². The fourth-order valence-corrected chi connectivity index (χ4v) is 3.11. The van der Waals surface area contributed by atoms with Crippen LogP contribution in [-0.2, 0) is 17.9 Å². The Labute approximate surface area is 182 Å². The number of ether oxygens (including phenoxy) is 3. The van der Waals surface area contributed by atoms with Crippen molar-refractivity contribution in [3.8, 4) is 17.2 Å². The Morgan fingerprint density at radius 1 is 0.839 bits per heavy atom. The number of pyridine rings is 1. The van der Waals surface area contributed by atoms with Crippen LogP contribution >= 0.6 is 0 Å². The summed E-state index contributed by atoms with van der Waals surface area (Å²) >= 11 is 0. The highest BCUT2D eigenvalue weighted by atomic mass is 16.5. The minimum absolute atomic E-state index is 0.0950. The van der Waals surface area contributed by atoms with Crippen molar-refractivity contribution in [2.24, 2.45) is 0 Å². The molecule has 6 heteroatoms. The summed E-state index contributed by atoms with van der Waals surface area (Å²) < 4.78 is 15.9. The van der Waals surface area contributed by atoms with Crippen LogP contribution in [0.1, 0.15) is 16.7 Å². The van der Waals surface area contributed by atoms with E-state index >= 15 is 0 Å². The third-order valence-corrected chi connectivity index (χ3v) is 4.79. The molecule has 6 nitrogen and oxygen atoms in total. The lowest BCUT2D eigenvalue weighted by atomic mass is 10.1. The molecule has 0 aliphatic carbocycles. The van der Waals surface area contributed by atoms with Crippen LogP contribution in [0.15, 0.2) is 73.1 Å². The maximum Gasteiger partial charge on any atom is 0.247 e. The first-order valence-corrected chi connectivity index (χ1v) is 9.83. The third-order valence-electron chi connectivity index (χ3n) is 4.79. The van der Waals surface area contributed by atoms with Gasteiger partial charge in [0.25, 0.3) is 0 Å². The van der Waals surface area contributed by atoms with E-state index in [4.69, 9.17) is 14.2 Å². The summed E-state index contributed by atoms with van der Waals surface area (Å²) in [5.41, 5.74) is 2.86. The molecule has 3 rings (SSSR count). The van der Waals surface area contributed by atoms with Crippen LogP contribution in [0.25, 0.3) is 6.08 Å². The number of carbonyl (C=O) groups is 1. The van der Waals surface area contributed by atoms with Crippen LogP contribution in [-0.4, -0.2) is 37.1 Å². The monoisotopic (exact) mass is 418 g/mol. The Bertz CT molecular complexity index is 1020. The van der Waals surface area contributed by atoms with Crippen molar-refractivity contribution >= 4 is 12.0 Å². The summed E-state index contributed by atoms with van der Waals surface area (Å²) in [7, 11) is 4.82. The van der Waals surface area contributed by atoms with Crippen molar-refractivity contribution in [1.82, 2.24) is 9.88 Å². The van der Waals surface area contributed by atoms with Gasteiger partial charge in [0, 0.05) is 31.6 Å². The molecule has 0 N–H and O–H groups in total. The molecule has 1 aromatic heterocycles. The Kier molecular flexibility index (Phi) is 7.65. The van der Waals surface area contributed by atoms with Crippen molar-refractivity contribution in [2.45, 2.75) is 13.1 Å². The molecule has 3 aromatic rings. The largest absolute Gasteiger partial charge is 0.497 e. The van der Waals surface area contributed by atoms with Gasteiger partial charge in [0.2, 0.25) is 5.91 Å². The summed E-state index contributed by atoms with van der Waals surface area (Å²) in [4.78, 5) is 18.9. The van der Waals surface area contributed by atoms with Gasteiger partial charge >= 0.3 is 0 Å². The molecule has 31 heavy (non-hydrogen) atoms. The molecule has 0 spiro atoms. The van der Waals surface area contributed by atoms with Crippen molar-refractivity contribution < 1.29 is 19.0 Å². The Balaban J connectivity index is 1.81. The average molecular weight is 418 g/mol. The zero-order chi connectivity index (χ0) is 22.1. The van der Waals surface area contributed by atoms with E-state index in [9.17, 15) is 4.79 Å². The molecule has 0 bridgehead atoms. The van der Waals surface area contributed by atoms with Crippen LogP contribution in [0.2, 0.25) is 0 Å². The molecule has 0 saturated heterocycles. The van der Waals surface area contributed by atoms with Gasteiger partial charge in [-0.1, -0.05) is 18.2 Å². The van der Waals surface area contributed by atoms with Crippen LogP contribution in [0, 0.1) is 0 Å². The second-order valence-corrected chi connectivity index (χ2v) is 6.85. The number of amides is 1. The standard InChI is InChI=1S/C25H26N2O4/c1-29-22-8-4-19(5-9-22)7-11-25(28)27(17-20-12-14-26-15-13-20)18-21-6-10-23(30-2)24(16-21)31-3/h4-16H,17-18H2,1-3H3/b11-7+. The molecule has 0 saturated carbocycles. The van der Waals surface area contributed by atoms with E-state index in [1.807, 2.05) is 54.6 Å². The number of methoxy groups -OCH3 is 3. The zero-order valence-corrected chi connectivity index (χ0v) is 17.9. The number of carbonyl (C=O) groups excluding carboxylic acids is 1. The Hall–Kier alpha value is -3.80. The number of hydrogen-bond acceptors (Lipinski definition) is 5. The van der Waals surface area contributed by atoms with Gasteiger partial charge in [-0.15, -0.1) is 0 Å². The minimum Gasteiger partial charge on any atom is -0.497 e. The van der Waals surface area contributed by atoms with Gasteiger partial charge in [-0.05, 0) is 59.2 Å². The van der Waals surface area contributed by atoms with Crippen molar-refractivity contribution in [3.63, 3.8) is 0 Å². The van der Waals surface area contributed by atoms with Gasteiger partial charge in [0.05, 0.1) is 21.3 Å². The van der Waals surface area contributed by atoms with E-state index in [1.54, 1.807) is 50.8 Å². The topological polar surface area (TPSA) is 60.9 Å². The Morgan fingerprint density at radius 2 is 1.52 bits per heavy atom. The average Bonchev–Trinajstić information content (AvgIpc) is 2.83. The number of aromatic nitrogens is 1. The van der Waals surface area contributed by atoms with Crippen LogP contribution in [0.5, 0.6) is 17.2 Å². The highest BCUT2D eigenvalue weighted by molar-refractivity contribution is 5.91. The first-order chi connectivity index (χ1) is 15.1. The number of nitrogens with zero attached hydrogens (tertiary/aromatic N) is 2. The fourth-order valence-electron chi connectivity index (χ4n) is 3.11. The molecular formula is C25H26N2O4. The maximum atomic E-state index is 13.1. The molecule has 0 unspecified atom stereocenters. The molecule has 2 aromatic carbocycles. The predicted molar refractivity (Wildman–Crippen MR) is 120 cm³/mol. The minimum atomic E-state index is -0.0950. The first-order valence-electron chi connectivity index (χ1n) is 9.83. The van der Waals surface area contributed by atoms with Crippen LogP contribution in [0.4, 0.5) is 0 Å². The predicted octanol–water partition coefficient (Wildman–Crippen LogP) is 4.35. The summed E-state index contributed by atoms with van der Waals surface area (Å²) in [6, 6.07) is 17.0. The fraction of sp³-hybridized carbons (Fsp3) is 0.200. The normalized spacial score (nSPS) is 10.7. The summed E-state index contributed by atoms with van der Waals surface area (Å²) in [6.45, 7) is 0.886. The van der Waals surface area contributed by atoms with Crippen molar-refractivity contribution in [2.75, 3.05) is 21.3 Å². The van der Waals surface area contributed by atoms with E-state index in [1.165, 1.54) is 0 Å². The lowest BCUT2D eigenvalue weighted by Crippen LogP contribution is -2.28. The molecule has 0 radical (unpaired) electrons. The van der Waals surface area contributed by atoms with Gasteiger partial charge in [-0.3, -0.25) is 9.78 Å². The third kappa shape index (κ3) is 6.09. The van der Waals surface area contributed by atoms with E-state index in [0.29, 0.717) is 24.6 Å². The first kappa shape index (κ1) is 21.9. The molecule has 0 atom stereocenters. The SMILES string of the molecule is COc1ccc(/C=C/C(=O)N(Cc2ccncc2)Cc2ccc(OC)c(OC)c2)cc1. The van der Waals surface area contributed by atoms with E-state index in [0.717, 1.165) is 22.4 Å². The summed E-state index contributed by atoms with van der Waals surface area (Å²) in [5.74, 6) is 1.96. The number of benzene rings is 2. The summed E-state index contributed by atoms with van der Waals surface area (Å²) in [5, 5.41) is 0. The highest BCUT2D eigenvalue weighted by Crippen LogP contribution is 2.28. The van der Waals surface area contributed by atoms with Crippen molar-refractivity contribution in [1.29, 1.82) is 0 Å². The van der Waals surface area contributed by atoms with E-state index < -0.39 is 0 Å². The molecule has 0 aliphatic rings. The number of rotatable bonds is 9. The second kappa shape index (κ2) is 10.8.